The van der Waals surface area contributed by atoms with E-state index in [1.165, 1.54) is 11.1 Å². The van der Waals surface area contributed by atoms with Crippen LogP contribution in [-0.2, 0) is 4.79 Å². The Morgan fingerprint density at radius 2 is 1.89 bits per heavy atom. The lowest BCUT2D eigenvalue weighted by molar-refractivity contribution is -0.125. The molecule has 1 aromatic rings. The number of hydrogen-bond acceptors (Lipinski definition) is 2. The second-order valence-corrected chi connectivity index (χ2v) is 6.30. The Bertz CT molecular complexity index is 435. The van der Waals surface area contributed by atoms with Gasteiger partial charge in [0, 0.05) is 12.5 Å². The van der Waals surface area contributed by atoms with E-state index in [0.717, 1.165) is 0 Å². The summed E-state index contributed by atoms with van der Waals surface area (Å²) in [5.41, 5.74) is 7.89. The minimum absolute atomic E-state index is 0.00444. The van der Waals surface area contributed by atoms with Gasteiger partial charge in [-0.3, -0.25) is 4.79 Å². The second kappa shape index (κ2) is 6.20. The third-order valence-electron chi connectivity index (χ3n) is 3.45. The number of carbonyl (C=O) groups excluding carboxylic acids is 1. The van der Waals surface area contributed by atoms with Crippen LogP contribution in [0.4, 0.5) is 0 Å². The molecule has 3 heteroatoms. The standard InChI is InChI=1S/C16H26N2O/c1-11-8-6-7-9-13(11)14(16(3,4)5)18-15(19)12(2)10-17/h6-9,12,14H,10,17H2,1-5H3,(H,18,19). The van der Waals surface area contributed by atoms with Crippen LogP contribution in [0.1, 0.15) is 44.9 Å². The summed E-state index contributed by atoms with van der Waals surface area (Å²) in [6.07, 6.45) is 0. The van der Waals surface area contributed by atoms with Crippen LogP contribution in [0.2, 0.25) is 0 Å². The molecule has 1 aromatic carbocycles. The quantitative estimate of drug-likeness (QED) is 0.876. The minimum Gasteiger partial charge on any atom is -0.348 e. The summed E-state index contributed by atoms with van der Waals surface area (Å²) in [4.78, 5) is 12.1. The molecule has 0 bridgehead atoms. The molecule has 0 fully saturated rings. The first-order valence-electron chi connectivity index (χ1n) is 6.83. The first kappa shape index (κ1) is 15.7. The van der Waals surface area contributed by atoms with Crippen molar-refractivity contribution < 1.29 is 4.79 Å². The van der Waals surface area contributed by atoms with Crippen LogP contribution in [0.3, 0.4) is 0 Å². The van der Waals surface area contributed by atoms with Gasteiger partial charge in [0.05, 0.1) is 6.04 Å². The van der Waals surface area contributed by atoms with Gasteiger partial charge >= 0.3 is 0 Å². The van der Waals surface area contributed by atoms with Gasteiger partial charge in [-0.15, -0.1) is 0 Å². The topological polar surface area (TPSA) is 55.1 Å². The summed E-state index contributed by atoms with van der Waals surface area (Å²) in [6.45, 7) is 10.7. The van der Waals surface area contributed by atoms with Crippen LogP contribution in [0.15, 0.2) is 24.3 Å². The molecule has 0 saturated heterocycles. The predicted molar refractivity (Wildman–Crippen MR) is 79.7 cm³/mol. The summed E-state index contributed by atoms with van der Waals surface area (Å²) >= 11 is 0. The third kappa shape index (κ3) is 4.06. The maximum absolute atomic E-state index is 12.1. The van der Waals surface area contributed by atoms with Crippen LogP contribution in [-0.4, -0.2) is 12.5 Å². The van der Waals surface area contributed by atoms with Gasteiger partial charge in [0.2, 0.25) is 5.91 Å². The van der Waals surface area contributed by atoms with E-state index in [2.05, 4.69) is 45.1 Å². The molecule has 0 saturated carbocycles. The molecule has 19 heavy (non-hydrogen) atoms. The molecule has 3 N–H and O–H groups in total. The number of hydrogen-bond donors (Lipinski definition) is 2. The number of nitrogens with two attached hydrogens (primary N) is 1. The highest BCUT2D eigenvalue weighted by Crippen LogP contribution is 2.34. The molecule has 1 rings (SSSR count). The van der Waals surface area contributed by atoms with E-state index in [1.54, 1.807) is 0 Å². The Balaban J connectivity index is 3.04. The van der Waals surface area contributed by atoms with Gasteiger partial charge in [-0.05, 0) is 23.5 Å². The van der Waals surface area contributed by atoms with E-state index >= 15 is 0 Å². The molecule has 0 aromatic heterocycles. The van der Waals surface area contributed by atoms with E-state index in [4.69, 9.17) is 5.73 Å². The Hall–Kier alpha value is -1.35. The molecular weight excluding hydrogens is 236 g/mol. The van der Waals surface area contributed by atoms with Gasteiger partial charge in [0.1, 0.15) is 0 Å². The lowest BCUT2D eigenvalue weighted by Gasteiger charge is -2.33. The normalized spacial score (nSPS) is 14.8. The van der Waals surface area contributed by atoms with Crippen molar-refractivity contribution in [1.82, 2.24) is 5.32 Å². The molecule has 0 aliphatic rings. The summed E-state index contributed by atoms with van der Waals surface area (Å²) in [6, 6.07) is 8.18. The zero-order valence-electron chi connectivity index (χ0n) is 12.7. The zero-order valence-corrected chi connectivity index (χ0v) is 12.7. The van der Waals surface area contributed by atoms with E-state index in [1.807, 2.05) is 19.1 Å². The summed E-state index contributed by atoms with van der Waals surface area (Å²) < 4.78 is 0. The molecule has 0 aliphatic carbocycles. The fraction of sp³-hybridized carbons (Fsp3) is 0.562. The van der Waals surface area contributed by atoms with Crippen molar-refractivity contribution in [3.05, 3.63) is 35.4 Å². The number of benzene rings is 1. The van der Waals surface area contributed by atoms with Crippen LogP contribution >= 0.6 is 0 Å². The van der Waals surface area contributed by atoms with Gasteiger partial charge in [-0.2, -0.15) is 0 Å². The molecule has 2 unspecified atom stereocenters. The molecule has 106 valence electrons. The van der Waals surface area contributed by atoms with Crippen LogP contribution in [0.25, 0.3) is 0 Å². The number of aryl methyl sites for hydroxylation is 1. The largest absolute Gasteiger partial charge is 0.348 e. The Morgan fingerprint density at radius 3 is 2.37 bits per heavy atom. The van der Waals surface area contributed by atoms with E-state index < -0.39 is 0 Å². The minimum atomic E-state index is -0.158. The van der Waals surface area contributed by atoms with Gasteiger partial charge < -0.3 is 11.1 Å². The predicted octanol–water partition coefficient (Wildman–Crippen LogP) is 2.79. The molecular formula is C16H26N2O. The first-order valence-corrected chi connectivity index (χ1v) is 6.83. The van der Waals surface area contributed by atoms with Crippen molar-refractivity contribution in [2.45, 2.75) is 40.7 Å². The monoisotopic (exact) mass is 262 g/mol. The third-order valence-corrected chi connectivity index (χ3v) is 3.45. The molecule has 3 nitrogen and oxygen atoms in total. The fourth-order valence-corrected chi connectivity index (χ4v) is 2.06. The molecule has 0 spiro atoms. The SMILES string of the molecule is Cc1ccccc1C(NC(=O)C(C)CN)C(C)(C)C. The Labute approximate surface area is 116 Å². The van der Waals surface area contributed by atoms with E-state index in [9.17, 15) is 4.79 Å². The van der Waals surface area contributed by atoms with E-state index in [0.29, 0.717) is 6.54 Å². The summed E-state index contributed by atoms with van der Waals surface area (Å²) in [5.74, 6) is -0.139. The molecule has 1 amide bonds. The Kier molecular flexibility index (Phi) is 5.12. The van der Waals surface area contributed by atoms with Crippen molar-refractivity contribution in [2.24, 2.45) is 17.1 Å². The Morgan fingerprint density at radius 1 is 1.32 bits per heavy atom. The maximum atomic E-state index is 12.1. The number of nitrogens with one attached hydrogen (secondary N) is 1. The molecule has 0 aliphatic heterocycles. The lowest BCUT2D eigenvalue weighted by atomic mass is 9.80. The average molecular weight is 262 g/mol. The lowest BCUT2D eigenvalue weighted by Crippen LogP contribution is -2.41. The highest BCUT2D eigenvalue weighted by molar-refractivity contribution is 5.79. The van der Waals surface area contributed by atoms with Crippen molar-refractivity contribution in [3.63, 3.8) is 0 Å². The van der Waals surface area contributed by atoms with Crippen LogP contribution in [0.5, 0.6) is 0 Å². The average Bonchev–Trinajstić information content (AvgIpc) is 2.34. The van der Waals surface area contributed by atoms with Crippen molar-refractivity contribution in [2.75, 3.05) is 6.54 Å². The molecule has 0 heterocycles. The number of rotatable bonds is 4. The highest BCUT2D eigenvalue weighted by Gasteiger charge is 2.29. The fourth-order valence-electron chi connectivity index (χ4n) is 2.06. The summed E-state index contributed by atoms with van der Waals surface area (Å²) in [5, 5.41) is 3.15. The smallest absolute Gasteiger partial charge is 0.224 e. The first-order chi connectivity index (χ1) is 8.77. The van der Waals surface area contributed by atoms with Gasteiger partial charge in [-0.25, -0.2) is 0 Å². The zero-order chi connectivity index (χ0) is 14.6. The maximum Gasteiger partial charge on any atom is 0.224 e. The molecule has 0 radical (unpaired) electrons. The second-order valence-electron chi connectivity index (χ2n) is 6.30. The molecule has 2 atom stereocenters. The highest BCUT2D eigenvalue weighted by atomic mass is 16.1. The van der Waals surface area contributed by atoms with E-state index in [-0.39, 0.29) is 23.3 Å². The van der Waals surface area contributed by atoms with Crippen molar-refractivity contribution >= 4 is 5.91 Å². The van der Waals surface area contributed by atoms with Crippen LogP contribution < -0.4 is 11.1 Å². The number of carbonyl (C=O) groups is 1. The number of amides is 1. The van der Waals surface area contributed by atoms with Crippen LogP contribution in [0, 0.1) is 18.3 Å². The van der Waals surface area contributed by atoms with Gasteiger partial charge in [0.25, 0.3) is 0 Å². The van der Waals surface area contributed by atoms with Gasteiger partial charge in [0.15, 0.2) is 0 Å². The van der Waals surface area contributed by atoms with Crippen molar-refractivity contribution in [1.29, 1.82) is 0 Å². The van der Waals surface area contributed by atoms with Gasteiger partial charge in [-0.1, -0.05) is 52.0 Å². The van der Waals surface area contributed by atoms with Crippen molar-refractivity contribution in [3.8, 4) is 0 Å². The summed E-state index contributed by atoms with van der Waals surface area (Å²) in [7, 11) is 0.